The Labute approximate surface area is 186 Å². The summed E-state index contributed by atoms with van der Waals surface area (Å²) in [4.78, 5) is 27.7. The number of nitrogens with zero attached hydrogens (tertiary/aromatic N) is 3. The number of primary amides is 1. The van der Waals surface area contributed by atoms with Gasteiger partial charge in [-0.05, 0) is 48.4 Å². The van der Waals surface area contributed by atoms with Crippen LogP contribution in [0.1, 0.15) is 32.5 Å². The highest BCUT2D eigenvalue weighted by Gasteiger charge is 2.29. The molecule has 0 saturated heterocycles. The van der Waals surface area contributed by atoms with Crippen molar-refractivity contribution >= 4 is 33.4 Å². The van der Waals surface area contributed by atoms with Crippen LogP contribution in [0.15, 0.2) is 54.6 Å². The minimum Gasteiger partial charge on any atom is -0.368 e. The molecule has 2 N–H and O–H groups in total. The number of halogens is 2. The fraction of sp³-hybridized carbons (Fsp3) is 0.174. The van der Waals surface area contributed by atoms with Crippen LogP contribution in [0.4, 0.5) is 8.78 Å². The SMILES string of the molecule is Cc1nn(Cc2ccc(F)cc2)c2sc(C(=O)N(C)C(C(N)=O)c3cccc(F)c3)cc12. The Morgan fingerprint density at radius 2 is 1.84 bits per heavy atom. The van der Waals surface area contributed by atoms with Gasteiger partial charge in [0.15, 0.2) is 0 Å². The molecule has 32 heavy (non-hydrogen) atoms. The van der Waals surface area contributed by atoms with E-state index in [1.54, 1.807) is 28.9 Å². The van der Waals surface area contributed by atoms with Gasteiger partial charge in [-0.3, -0.25) is 14.3 Å². The van der Waals surface area contributed by atoms with Crippen molar-refractivity contribution in [3.63, 3.8) is 0 Å². The molecule has 2 heterocycles. The minimum absolute atomic E-state index is 0.299. The Morgan fingerprint density at radius 3 is 2.50 bits per heavy atom. The molecule has 0 aliphatic rings. The van der Waals surface area contributed by atoms with Gasteiger partial charge in [-0.2, -0.15) is 5.10 Å². The lowest BCUT2D eigenvalue weighted by Crippen LogP contribution is -2.38. The summed E-state index contributed by atoms with van der Waals surface area (Å²) in [5.74, 6) is -2.00. The molecule has 2 amide bonds. The molecule has 2 aromatic heterocycles. The van der Waals surface area contributed by atoms with Crippen LogP contribution in [0.25, 0.3) is 10.2 Å². The Morgan fingerprint density at radius 1 is 1.12 bits per heavy atom. The van der Waals surface area contributed by atoms with Gasteiger partial charge in [0.25, 0.3) is 5.91 Å². The molecule has 6 nitrogen and oxygen atoms in total. The average molecular weight is 455 g/mol. The third-order valence-electron chi connectivity index (χ3n) is 5.21. The van der Waals surface area contributed by atoms with E-state index in [9.17, 15) is 18.4 Å². The van der Waals surface area contributed by atoms with Crippen molar-refractivity contribution in [3.05, 3.63) is 87.9 Å². The van der Waals surface area contributed by atoms with E-state index in [1.807, 2.05) is 6.92 Å². The van der Waals surface area contributed by atoms with Crippen LogP contribution in [0.3, 0.4) is 0 Å². The first-order valence-electron chi connectivity index (χ1n) is 9.78. The standard InChI is InChI=1S/C23H20F2N4O2S/c1-13-18-11-19(32-23(18)29(27-13)12-14-6-8-16(24)9-7-14)22(31)28(2)20(21(26)30)15-4-3-5-17(25)10-15/h3-11,20H,12H2,1-2H3,(H2,26,30). The predicted octanol–water partition coefficient (Wildman–Crippen LogP) is 4.03. The minimum atomic E-state index is -1.11. The van der Waals surface area contributed by atoms with E-state index < -0.39 is 23.7 Å². The average Bonchev–Trinajstić information content (AvgIpc) is 3.30. The number of thiophene rings is 1. The van der Waals surface area contributed by atoms with Crippen LogP contribution in [-0.2, 0) is 11.3 Å². The van der Waals surface area contributed by atoms with Crippen LogP contribution in [0.2, 0.25) is 0 Å². The van der Waals surface area contributed by atoms with E-state index in [0.29, 0.717) is 17.0 Å². The first kappa shape index (κ1) is 21.6. The van der Waals surface area contributed by atoms with Gasteiger partial charge >= 0.3 is 0 Å². The zero-order chi connectivity index (χ0) is 23.0. The molecule has 1 atom stereocenters. The number of nitrogens with two attached hydrogens (primary N) is 1. The van der Waals surface area contributed by atoms with Gasteiger partial charge in [0.2, 0.25) is 5.91 Å². The first-order chi connectivity index (χ1) is 15.2. The van der Waals surface area contributed by atoms with Gasteiger partial charge in [0.1, 0.15) is 22.5 Å². The highest BCUT2D eigenvalue weighted by atomic mass is 32.1. The number of hydrogen-bond acceptors (Lipinski definition) is 4. The molecule has 0 aliphatic carbocycles. The molecule has 0 spiro atoms. The quantitative estimate of drug-likeness (QED) is 0.478. The summed E-state index contributed by atoms with van der Waals surface area (Å²) in [6.07, 6.45) is 0. The van der Waals surface area contributed by atoms with Gasteiger partial charge in [0.05, 0.1) is 17.1 Å². The van der Waals surface area contributed by atoms with Gasteiger partial charge in [-0.15, -0.1) is 11.3 Å². The maximum atomic E-state index is 13.7. The fourth-order valence-electron chi connectivity index (χ4n) is 3.63. The molecule has 0 aliphatic heterocycles. The van der Waals surface area contributed by atoms with Crippen molar-refractivity contribution in [1.29, 1.82) is 0 Å². The summed E-state index contributed by atoms with van der Waals surface area (Å²) < 4.78 is 28.6. The number of fused-ring (bicyclic) bond motifs is 1. The highest BCUT2D eigenvalue weighted by Crippen LogP contribution is 2.31. The summed E-state index contributed by atoms with van der Waals surface area (Å²) in [5, 5.41) is 5.34. The maximum absolute atomic E-state index is 13.7. The third kappa shape index (κ3) is 4.11. The van der Waals surface area contributed by atoms with Crippen LogP contribution in [-0.4, -0.2) is 33.5 Å². The van der Waals surface area contributed by atoms with Gasteiger partial charge in [-0.25, -0.2) is 8.78 Å². The number of aromatic nitrogens is 2. The van der Waals surface area contributed by atoms with Crippen molar-refractivity contribution in [1.82, 2.24) is 14.7 Å². The number of hydrogen-bond donors (Lipinski definition) is 1. The summed E-state index contributed by atoms with van der Waals surface area (Å²) in [6, 6.07) is 12.2. The van der Waals surface area contributed by atoms with E-state index in [4.69, 9.17) is 5.73 Å². The summed E-state index contributed by atoms with van der Waals surface area (Å²) in [7, 11) is 1.46. The normalized spacial score (nSPS) is 12.1. The van der Waals surface area contributed by atoms with E-state index in [0.717, 1.165) is 21.5 Å². The lowest BCUT2D eigenvalue weighted by Gasteiger charge is -2.25. The highest BCUT2D eigenvalue weighted by molar-refractivity contribution is 7.20. The molecule has 0 saturated carbocycles. The molecule has 2 aromatic carbocycles. The first-order valence-corrected chi connectivity index (χ1v) is 10.6. The fourth-order valence-corrected chi connectivity index (χ4v) is 4.78. The Hall–Kier alpha value is -3.59. The van der Waals surface area contributed by atoms with Crippen molar-refractivity contribution < 1.29 is 18.4 Å². The van der Waals surface area contributed by atoms with Gasteiger partial charge < -0.3 is 10.6 Å². The maximum Gasteiger partial charge on any atom is 0.264 e. The van der Waals surface area contributed by atoms with E-state index in [1.165, 1.54) is 53.6 Å². The molecule has 9 heteroatoms. The molecule has 1 unspecified atom stereocenters. The lowest BCUT2D eigenvalue weighted by molar-refractivity contribution is -0.122. The van der Waals surface area contributed by atoms with Crippen molar-refractivity contribution in [2.24, 2.45) is 5.73 Å². The summed E-state index contributed by atoms with van der Waals surface area (Å²) in [6.45, 7) is 2.26. The molecular weight excluding hydrogens is 434 g/mol. The number of benzene rings is 2. The Bertz CT molecular complexity index is 1310. The number of rotatable bonds is 6. The third-order valence-corrected chi connectivity index (χ3v) is 6.34. The van der Waals surface area contributed by atoms with E-state index >= 15 is 0 Å². The Kier molecular flexibility index (Phi) is 5.75. The summed E-state index contributed by atoms with van der Waals surface area (Å²) >= 11 is 1.24. The second kappa shape index (κ2) is 8.51. The predicted molar refractivity (Wildman–Crippen MR) is 118 cm³/mol. The van der Waals surface area contributed by atoms with Gasteiger partial charge in [-0.1, -0.05) is 24.3 Å². The number of likely N-dealkylation sites (N-methyl/N-ethyl adjacent to an activating group) is 1. The second-order valence-electron chi connectivity index (χ2n) is 7.47. The number of aryl methyl sites for hydroxylation is 1. The molecule has 0 radical (unpaired) electrons. The number of carbonyl (C=O) groups is 2. The molecule has 0 bridgehead atoms. The smallest absolute Gasteiger partial charge is 0.264 e. The van der Waals surface area contributed by atoms with Crippen LogP contribution in [0, 0.1) is 18.6 Å². The molecule has 4 aromatic rings. The Balaban J connectivity index is 1.66. The number of carbonyl (C=O) groups excluding carboxylic acids is 2. The second-order valence-corrected chi connectivity index (χ2v) is 8.51. The summed E-state index contributed by atoms with van der Waals surface area (Å²) in [5.41, 5.74) is 7.46. The zero-order valence-corrected chi connectivity index (χ0v) is 18.2. The monoisotopic (exact) mass is 454 g/mol. The van der Waals surface area contributed by atoms with Crippen LogP contribution in [0.5, 0.6) is 0 Å². The van der Waals surface area contributed by atoms with Crippen molar-refractivity contribution in [2.75, 3.05) is 7.05 Å². The van der Waals surface area contributed by atoms with Crippen LogP contribution >= 0.6 is 11.3 Å². The number of amides is 2. The van der Waals surface area contributed by atoms with E-state index in [2.05, 4.69) is 5.10 Å². The molecule has 4 rings (SSSR count). The topological polar surface area (TPSA) is 81.2 Å². The lowest BCUT2D eigenvalue weighted by atomic mass is 10.0. The van der Waals surface area contributed by atoms with Crippen molar-refractivity contribution in [3.8, 4) is 0 Å². The van der Waals surface area contributed by atoms with E-state index in [-0.39, 0.29) is 5.82 Å². The van der Waals surface area contributed by atoms with Crippen LogP contribution < -0.4 is 5.73 Å². The molecule has 164 valence electrons. The largest absolute Gasteiger partial charge is 0.368 e. The van der Waals surface area contributed by atoms with Gasteiger partial charge in [0, 0.05) is 12.4 Å². The molecular formula is C23H20F2N4O2S. The zero-order valence-electron chi connectivity index (χ0n) is 17.4. The van der Waals surface area contributed by atoms with Crippen molar-refractivity contribution in [2.45, 2.75) is 19.5 Å². The molecule has 0 fully saturated rings.